The number of nitrogens with zero attached hydrogens (tertiary/aromatic N) is 3. The monoisotopic (exact) mass is 268 g/mol. The maximum atomic E-state index is 9.27. The number of aromatic amines is 1. The van der Waals surface area contributed by atoms with Crippen molar-refractivity contribution in [2.75, 3.05) is 19.0 Å². The van der Waals surface area contributed by atoms with Crippen LogP contribution in [0.4, 0.5) is 5.82 Å². The fourth-order valence-electron chi connectivity index (χ4n) is 2.35. The number of benzene rings is 1. The Kier molecular flexibility index (Phi) is 3.12. The summed E-state index contributed by atoms with van der Waals surface area (Å²) in [5, 5.41) is 10.3. The molecule has 0 unspecified atom stereocenters. The van der Waals surface area contributed by atoms with E-state index in [0.29, 0.717) is 0 Å². The highest BCUT2D eigenvalue weighted by atomic mass is 16.3. The molecular formula is C15H16N4O. The van der Waals surface area contributed by atoms with Gasteiger partial charge in [0.25, 0.3) is 0 Å². The van der Waals surface area contributed by atoms with Gasteiger partial charge in [-0.15, -0.1) is 0 Å². The Labute approximate surface area is 116 Å². The smallest absolute Gasteiger partial charge is 0.143 e. The van der Waals surface area contributed by atoms with E-state index < -0.39 is 0 Å². The minimum absolute atomic E-state index is 0.0350. The number of aliphatic hydroxyl groups is 1. The lowest BCUT2D eigenvalue weighted by atomic mass is 10.0. The lowest BCUT2D eigenvalue weighted by Gasteiger charge is -2.13. The molecule has 0 saturated heterocycles. The Bertz CT molecular complexity index is 748. The van der Waals surface area contributed by atoms with Gasteiger partial charge in [0.2, 0.25) is 0 Å². The molecule has 0 spiro atoms. The predicted octanol–water partition coefficient (Wildman–Crippen LogP) is 2.18. The second kappa shape index (κ2) is 4.94. The Morgan fingerprint density at radius 1 is 1.25 bits per heavy atom. The number of hydrogen-bond donors (Lipinski definition) is 2. The Balaban J connectivity index is 2.25. The van der Waals surface area contributed by atoms with Gasteiger partial charge in [0.1, 0.15) is 17.8 Å². The average Bonchev–Trinajstić information content (AvgIpc) is 2.91. The van der Waals surface area contributed by atoms with Crippen LogP contribution in [0.1, 0.15) is 5.56 Å². The summed E-state index contributed by atoms with van der Waals surface area (Å²) < 4.78 is 0. The van der Waals surface area contributed by atoms with Gasteiger partial charge in [0.05, 0.1) is 12.0 Å². The van der Waals surface area contributed by atoms with E-state index in [4.69, 9.17) is 0 Å². The Morgan fingerprint density at radius 2 is 2.10 bits per heavy atom. The van der Waals surface area contributed by atoms with Crippen LogP contribution in [-0.2, 0) is 6.61 Å². The second-order valence-corrected chi connectivity index (χ2v) is 4.88. The molecule has 0 aliphatic heterocycles. The summed E-state index contributed by atoms with van der Waals surface area (Å²) in [4.78, 5) is 13.8. The van der Waals surface area contributed by atoms with Gasteiger partial charge in [-0.05, 0) is 17.2 Å². The van der Waals surface area contributed by atoms with E-state index in [1.165, 1.54) is 0 Å². The molecule has 1 aromatic carbocycles. The number of aliphatic hydroxyl groups excluding tert-OH is 1. The third kappa shape index (κ3) is 2.02. The number of nitrogens with one attached hydrogen (secondary N) is 1. The summed E-state index contributed by atoms with van der Waals surface area (Å²) in [6.07, 6.45) is 3.49. The SMILES string of the molecule is CN(C)c1ncnc2[nH]cc(-c3cccc(CO)c3)c12. The topological polar surface area (TPSA) is 65.0 Å². The summed E-state index contributed by atoms with van der Waals surface area (Å²) in [5.74, 6) is 0.876. The minimum Gasteiger partial charge on any atom is -0.392 e. The molecule has 2 aromatic heterocycles. The zero-order valence-electron chi connectivity index (χ0n) is 11.5. The van der Waals surface area contributed by atoms with Crippen LogP contribution in [0.25, 0.3) is 22.2 Å². The van der Waals surface area contributed by atoms with Crippen molar-refractivity contribution in [3.05, 3.63) is 42.4 Å². The standard InChI is InChI=1S/C15H16N4O/c1-19(2)15-13-12(7-16-14(13)17-9-18-15)11-5-3-4-10(6-11)8-20/h3-7,9,20H,8H2,1-2H3,(H,16,17,18). The molecule has 0 saturated carbocycles. The summed E-state index contributed by atoms with van der Waals surface area (Å²) in [6.45, 7) is 0.0350. The van der Waals surface area contributed by atoms with E-state index in [2.05, 4.69) is 15.0 Å². The van der Waals surface area contributed by atoms with Crippen LogP contribution < -0.4 is 4.90 Å². The lowest BCUT2D eigenvalue weighted by Crippen LogP contribution is -2.11. The molecule has 0 fully saturated rings. The fraction of sp³-hybridized carbons (Fsp3) is 0.200. The summed E-state index contributed by atoms with van der Waals surface area (Å²) in [5.41, 5.74) is 3.79. The number of H-pyrrole nitrogens is 1. The zero-order chi connectivity index (χ0) is 14.1. The summed E-state index contributed by atoms with van der Waals surface area (Å²) in [7, 11) is 3.92. The normalized spacial score (nSPS) is 10.9. The van der Waals surface area contributed by atoms with Crippen molar-refractivity contribution in [3.63, 3.8) is 0 Å². The zero-order valence-corrected chi connectivity index (χ0v) is 11.5. The molecular weight excluding hydrogens is 252 g/mol. The third-order valence-corrected chi connectivity index (χ3v) is 3.29. The van der Waals surface area contributed by atoms with E-state index in [0.717, 1.165) is 33.5 Å². The molecule has 5 nitrogen and oxygen atoms in total. The first-order chi connectivity index (χ1) is 9.70. The van der Waals surface area contributed by atoms with E-state index in [1.807, 2.05) is 49.5 Å². The van der Waals surface area contributed by atoms with Crippen molar-refractivity contribution in [1.29, 1.82) is 0 Å². The molecule has 0 amide bonds. The minimum atomic E-state index is 0.0350. The van der Waals surface area contributed by atoms with Crippen molar-refractivity contribution >= 4 is 16.9 Å². The largest absolute Gasteiger partial charge is 0.392 e. The number of aromatic nitrogens is 3. The van der Waals surface area contributed by atoms with Crippen LogP contribution in [-0.4, -0.2) is 34.2 Å². The lowest BCUT2D eigenvalue weighted by molar-refractivity contribution is 0.282. The molecule has 5 heteroatoms. The first-order valence-electron chi connectivity index (χ1n) is 6.40. The number of fused-ring (bicyclic) bond motifs is 1. The van der Waals surface area contributed by atoms with Crippen LogP contribution >= 0.6 is 0 Å². The van der Waals surface area contributed by atoms with E-state index >= 15 is 0 Å². The molecule has 102 valence electrons. The van der Waals surface area contributed by atoms with Crippen molar-refractivity contribution in [2.24, 2.45) is 0 Å². The predicted molar refractivity (Wildman–Crippen MR) is 79.6 cm³/mol. The first-order valence-corrected chi connectivity index (χ1v) is 6.40. The highest BCUT2D eigenvalue weighted by Gasteiger charge is 2.13. The Morgan fingerprint density at radius 3 is 2.85 bits per heavy atom. The number of anilines is 1. The van der Waals surface area contributed by atoms with Crippen LogP contribution in [0.3, 0.4) is 0 Å². The van der Waals surface area contributed by atoms with Gasteiger partial charge in [0.15, 0.2) is 0 Å². The van der Waals surface area contributed by atoms with Gasteiger partial charge in [-0.3, -0.25) is 0 Å². The highest BCUT2D eigenvalue weighted by Crippen LogP contribution is 2.33. The molecule has 3 aromatic rings. The van der Waals surface area contributed by atoms with Gasteiger partial charge in [-0.25, -0.2) is 9.97 Å². The van der Waals surface area contributed by atoms with E-state index in [9.17, 15) is 5.11 Å². The van der Waals surface area contributed by atoms with Crippen molar-refractivity contribution in [3.8, 4) is 11.1 Å². The molecule has 0 bridgehead atoms. The molecule has 0 aliphatic carbocycles. The summed E-state index contributed by atoms with van der Waals surface area (Å²) >= 11 is 0. The molecule has 2 heterocycles. The highest BCUT2D eigenvalue weighted by molar-refractivity contribution is 6.01. The van der Waals surface area contributed by atoms with Gasteiger partial charge in [0, 0.05) is 25.9 Å². The average molecular weight is 268 g/mol. The number of rotatable bonds is 3. The second-order valence-electron chi connectivity index (χ2n) is 4.88. The molecule has 3 rings (SSSR count). The van der Waals surface area contributed by atoms with Gasteiger partial charge >= 0.3 is 0 Å². The van der Waals surface area contributed by atoms with Crippen LogP contribution in [0.2, 0.25) is 0 Å². The molecule has 0 atom stereocenters. The Hall–Kier alpha value is -2.40. The quantitative estimate of drug-likeness (QED) is 0.764. The molecule has 0 radical (unpaired) electrons. The van der Waals surface area contributed by atoms with Crippen molar-refractivity contribution in [1.82, 2.24) is 15.0 Å². The molecule has 0 aliphatic rings. The number of hydrogen-bond acceptors (Lipinski definition) is 4. The van der Waals surface area contributed by atoms with E-state index in [1.54, 1.807) is 6.33 Å². The van der Waals surface area contributed by atoms with Crippen LogP contribution in [0, 0.1) is 0 Å². The first kappa shape index (κ1) is 12.6. The van der Waals surface area contributed by atoms with Gasteiger partial charge in [-0.1, -0.05) is 18.2 Å². The maximum absolute atomic E-state index is 9.27. The van der Waals surface area contributed by atoms with Crippen molar-refractivity contribution < 1.29 is 5.11 Å². The van der Waals surface area contributed by atoms with Crippen molar-refractivity contribution in [2.45, 2.75) is 6.61 Å². The fourth-order valence-corrected chi connectivity index (χ4v) is 2.35. The van der Waals surface area contributed by atoms with Crippen LogP contribution in [0.15, 0.2) is 36.8 Å². The van der Waals surface area contributed by atoms with Gasteiger partial charge in [-0.2, -0.15) is 0 Å². The van der Waals surface area contributed by atoms with Crippen LogP contribution in [0.5, 0.6) is 0 Å². The third-order valence-electron chi connectivity index (χ3n) is 3.29. The van der Waals surface area contributed by atoms with Gasteiger partial charge < -0.3 is 15.0 Å². The molecule has 2 N–H and O–H groups in total. The molecule has 20 heavy (non-hydrogen) atoms. The van der Waals surface area contributed by atoms with E-state index in [-0.39, 0.29) is 6.61 Å². The summed E-state index contributed by atoms with van der Waals surface area (Å²) in [6, 6.07) is 7.85. The maximum Gasteiger partial charge on any atom is 0.143 e.